The number of hydrogen-bond donors (Lipinski definition) is 2. The van der Waals surface area contributed by atoms with Gasteiger partial charge in [-0.05, 0) is 19.1 Å². The Labute approximate surface area is 151 Å². The second-order valence-corrected chi connectivity index (χ2v) is 5.64. The van der Waals surface area contributed by atoms with Crippen LogP contribution in [0.1, 0.15) is 24.4 Å². The summed E-state index contributed by atoms with van der Waals surface area (Å²) in [5.41, 5.74) is 5.96. The molecule has 0 amide bonds. The molecular weight excluding hydrogens is 350 g/mol. The first-order chi connectivity index (χ1) is 13.1. The molecule has 4 aromatic heterocycles. The van der Waals surface area contributed by atoms with Gasteiger partial charge >= 0.3 is 5.69 Å². The van der Waals surface area contributed by atoms with E-state index < -0.39 is 6.04 Å². The van der Waals surface area contributed by atoms with Gasteiger partial charge in [-0.3, -0.25) is 4.40 Å². The normalized spacial score (nSPS) is 12.0. The molecule has 1 atom stereocenters. The molecule has 0 aliphatic carbocycles. The third-order valence-corrected chi connectivity index (χ3v) is 3.97. The fraction of sp³-hybridized carbons (Fsp3) is 0.125. The number of nitrogens with zero attached hydrogens (tertiary/aromatic N) is 7. The minimum absolute atomic E-state index is 0.0612. The van der Waals surface area contributed by atoms with Crippen molar-refractivity contribution >= 4 is 17.3 Å². The lowest BCUT2D eigenvalue weighted by atomic mass is 10.2. The molecule has 0 aliphatic heterocycles. The van der Waals surface area contributed by atoms with Gasteiger partial charge in [-0.1, -0.05) is 5.16 Å². The molecule has 11 heteroatoms. The largest absolute Gasteiger partial charge is 0.382 e. The van der Waals surface area contributed by atoms with E-state index in [0.29, 0.717) is 11.5 Å². The van der Waals surface area contributed by atoms with Crippen molar-refractivity contribution in [3.05, 3.63) is 58.9 Å². The Kier molecular flexibility index (Phi) is 3.78. The molecule has 4 heterocycles. The highest BCUT2D eigenvalue weighted by atomic mass is 16.5. The van der Waals surface area contributed by atoms with E-state index >= 15 is 0 Å². The van der Waals surface area contributed by atoms with E-state index in [-0.39, 0.29) is 28.7 Å². The summed E-state index contributed by atoms with van der Waals surface area (Å²) in [6.07, 6.45) is 4.23. The van der Waals surface area contributed by atoms with E-state index in [1.54, 1.807) is 31.3 Å². The first-order valence-corrected chi connectivity index (χ1v) is 7.88. The summed E-state index contributed by atoms with van der Waals surface area (Å²) in [5, 5.41) is 16.2. The molecular formula is C16H13N9O2. The fourth-order valence-corrected chi connectivity index (χ4v) is 2.71. The molecule has 0 saturated heterocycles. The number of nitrogens with two attached hydrogens (primary N) is 1. The fourth-order valence-electron chi connectivity index (χ4n) is 2.71. The van der Waals surface area contributed by atoms with Gasteiger partial charge in [-0.15, -0.1) is 0 Å². The molecule has 11 nitrogen and oxygen atoms in total. The Morgan fingerprint density at radius 3 is 2.96 bits per heavy atom. The maximum Gasteiger partial charge on any atom is 0.341 e. The van der Waals surface area contributed by atoms with Gasteiger partial charge in [0.25, 0.3) is 0 Å². The summed E-state index contributed by atoms with van der Waals surface area (Å²) in [7, 11) is 0. The molecule has 4 rings (SSSR count). The third kappa shape index (κ3) is 2.65. The summed E-state index contributed by atoms with van der Waals surface area (Å²) in [4.78, 5) is 25.3. The van der Waals surface area contributed by atoms with Crippen LogP contribution in [0.5, 0.6) is 0 Å². The molecule has 0 fully saturated rings. The smallest absolute Gasteiger partial charge is 0.341 e. The SMILES string of the molecule is CC(Nc1ncnc(N)c1C#N)c1nc2cccn2c(=O)n1-c1ccon1. The van der Waals surface area contributed by atoms with Gasteiger partial charge in [0.15, 0.2) is 5.82 Å². The van der Waals surface area contributed by atoms with Crippen LogP contribution in [0.4, 0.5) is 11.6 Å². The van der Waals surface area contributed by atoms with Crippen molar-refractivity contribution in [1.82, 2.24) is 29.1 Å². The molecule has 27 heavy (non-hydrogen) atoms. The topological polar surface area (TPSA) is 153 Å². The summed E-state index contributed by atoms with van der Waals surface area (Å²) in [6, 6.07) is 6.44. The van der Waals surface area contributed by atoms with Gasteiger partial charge in [0.05, 0.1) is 6.04 Å². The van der Waals surface area contributed by atoms with Crippen molar-refractivity contribution < 1.29 is 4.52 Å². The quantitative estimate of drug-likeness (QED) is 0.538. The van der Waals surface area contributed by atoms with Crippen molar-refractivity contribution in [3.8, 4) is 11.9 Å². The number of hydrogen-bond acceptors (Lipinski definition) is 9. The lowest BCUT2D eigenvalue weighted by molar-refractivity contribution is 0.414. The van der Waals surface area contributed by atoms with Gasteiger partial charge in [0, 0.05) is 12.3 Å². The highest BCUT2D eigenvalue weighted by molar-refractivity contribution is 5.62. The summed E-state index contributed by atoms with van der Waals surface area (Å²) < 4.78 is 7.60. The van der Waals surface area contributed by atoms with E-state index in [4.69, 9.17) is 10.3 Å². The standard InChI is InChI=1S/C16H13N9O2/c1-9(21-14-10(7-17)13(18)19-8-20-14)15-22-11-3-2-5-24(11)16(26)25(15)12-4-6-27-23-12/h2-6,8-9H,1H3,(H3,18,19,20,21). The second-order valence-electron chi connectivity index (χ2n) is 5.64. The molecule has 0 spiro atoms. The Morgan fingerprint density at radius 1 is 1.37 bits per heavy atom. The molecule has 1 unspecified atom stereocenters. The van der Waals surface area contributed by atoms with Crippen LogP contribution in [-0.4, -0.2) is 29.1 Å². The Morgan fingerprint density at radius 2 is 2.22 bits per heavy atom. The maximum absolute atomic E-state index is 12.9. The van der Waals surface area contributed by atoms with Crippen LogP contribution in [0.3, 0.4) is 0 Å². The second kappa shape index (κ2) is 6.26. The van der Waals surface area contributed by atoms with E-state index in [2.05, 4.69) is 25.4 Å². The molecule has 0 bridgehead atoms. The number of rotatable bonds is 4. The Hall–Kier alpha value is -4.20. The lowest BCUT2D eigenvalue weighted by Crippen LogP contribution is -2.31. The number of nitrogen functional groups attached to an aromatic ring is 1. The minimum Gasteiger partial charge on any atom is -0.382 e. The Balaban J connectivity index is 1.86. The highest BCUT2D eigenvalue weighted by Crippen LogP contribution is 2.22. The van der Waals surface area contributed by atoms with Crippen LogP contribution in [0.15, 0.2) is 46.3 Å². The molecule has 0 saturated carbocycles. The van der Waals surface area contributed by atoms with Crippen LogP contribution in [0.25, 0.3) is 11.5 Å². The molecule has 0 aromatic carbocycles. The first-order valence-electron chi connectivity index (χ1n) is 7.88. The van der Waals surface area contributed by atoms with Crippen molar-refractivity contribution in [2.24, 2.45) is 0 Å². The van der Waals surface area contributed by atoms with Crippen molar-refractivity contribution in [3.63, 3.8) is 0 Å². The molecule has 0 aliphatic rings. The monoisotopic (exact) mass is 363 g/mol. The number of fused-ring (bicyclic) bond motifs is 1. The van der Waals surface area contributed by atoms with Gasteiger partial charge in [-0.25, -0.2) is 24.3 Å². The van der Waals surface area contributed by atoms with Crippen molar-refractivity contribution in [2.45, 2.75) is 13.0 Å². The van der Waals surface area contributed by atoms with Crippen molar-refractivity contribution in [1.29, 1.82) is 5.26 Å². The van der Waals surface area contributed by atoms with E-state index in [1.165, 1.54) is 21.6 Å². The van der Waals surface area contributed by atoms with Gasteiger partial charge in [0.1, 0.15) is 47.3 Å². The zero-order valence-corrected chi connectivity index (χ0v) is 14.1. The highest BCUT2D eigenvalue weighted by Gasteiger charge is 2.21. The molecule has 134 valence electrons. The van der Waals surface area contributed by atoms with Crippen LogP contribution in [0, 0.1) is 11.3 Å². The average Bonchev–Trinajstić information content (AvgIpc) is 3.33. The van der Waals surface area contributed by atoms with Crippen LogP contribution < -0.4 is 16.7 Å². The lowest BCUT2D eigenvalue weighted by Gasteiger charge is -2.18. The van der Waals surface area contributed by atoms with E-state index in [1.807, 2.05) is 6.07 Å². The molecule has 4 aromatic rings. The first kappa shape index (κ1) is 16.3. The van der Waals surface area contributed by atoms with Crippen LogP contribution >= 0.6 is 0 Å². The minimum atomic E-state index is -0.518. The third-order valence-electron chi connectivity index (χ3n) is 3.97. The zero-order chi connectivity index (χ0) is 19.0. The molecule has 3 N–H and O–H groups in total. The molecule has 0 radical (unpaired) electrons. The number of nitriles is 1. The summed E-state index contributed by atoms with van der Waals surface area (Å²) in [6.45, 7) is 1.78. The van der Waals surface area contributed by atoms with Crippen molar-refractivity contribution in [2.75, 3.05) is 11.1 Å². The van der Waals surface area contributed by atoms with Crippen LogP contribution in [-0.2, 0) is 0 Å². The van der Waals surface area contributed by atoms with Gasteiger partial charge in [0.2, 0.25) is 0 Å². The Bertz CT molecular complexity index is 1220. The zero-order valence-electron chi connectivity index (χ0n) is 14.1. The number of nitrogens with one attached hydrogen (secondary N) is 1. The van der Waals surface area contributed by atoms with E-state index in [9.17, 15) is 10.1 Å². The van der Waals surface area contributed by atoms with Gasteiger partial charge < -0.3 is 15.6 Å². The summed E-state index contributed by atoms with van der Waals surface area (Å²) >= 11 is 0. The number of anilines is 2. The maximum atomic E-state index is 12.9. The predicted molar refractivity (Wildman–Crippen MR) is 94.0 cm³/mol. The summed E-state index contributed by atoms with van der Waals surface area (Å²) in [5.74, 6) is 0.954. The van der Waals surface area contributed by atoms with Crippen LogP contribution in [0.2, 0.25) is 0 Å². The number of aromatic nitrogens is 6. The average molecular weight is 363 g/mol. The van der Waals surface area contributed by atoms with E-state index in [0.717, 1.165) is 0 Å². The van der Waals surface area contributed by atoms with Gasteiger partial charge in [-0.2, -0.15) is 5.26 Å². The predicted octanol–water partition coefficient (Wildman–Crippen LogP) is 0.890.